The summed E-state index contributed by atoms with van der Waals surface area (Å²) in [5.41, 5.74) is 0.662. The number of benzene rings is 1. The highest BCUT2D eigenvalue weighted by molar-refractivity contribution is 5.80. The van der Waals surface area contributed by atoms with E-state index in [2.05, 4.69) is 53.6 Å². The van der Waals surface area contributed by atoms with Crippen LogP contribution in [0, 0.1) is 0 Å². The van der Waals surface area contributed by atoms with Crippen molar-refractivity contribution in [2.24, 2.45) is 4.99 Å². The molecule has 0 saturated carbocycles. The number of carbonyl (C=O) groups excluding carboxylic acids is 1. The number of likely N-dealkylation sites (tertiary alicyclic amines) is 1. The number of likely N-dealkylation sites (N-methyl/N-ethyl adjacent to an activating group) is 1. The lowest BCUT2D eigenvalue weighted by atomic mass is 10.1. The Morgan fingerprint density at radius 2 is 2.10 bits per heavy atom. The van der Waals surface area contributed by atoms with Crippen LogP contribution < -0.4 is 15.4 Å². The van der Waals surface area contributed by atoms with Gasteiger partial charge in [0.15, 0.2) is 5.96 Å². The maximum absolute atomic E-state index is 12.1. The fourth-order valence-electron chi connectivity index (χ4n) is 3.56. The first kappa shape index (κ1) is 24.8. The van der Waals surface area contributed by atoms with Crippen LogP contribution in [0.25, 0.3) is 0 Å². The van der Waals surface area contributed by atoms with E-state index in [1.807, 2.05) is 32.9 Å². The van der Waals surface area contributed by atoms with E-state index in [0.29, 0.717) is 13.1 Å². The molecule has 1 aliphatic heterocycles. The van der Waals surface area contributed by atoms with Crippen LogP contribution in [-0.4, -0.2) is 80.9 Å². The van der Waals surface area contributed by atoms with Crippen LogP contribution >= 0.6 is 0 Å². The Balaban J connectivity index is 2.05. The predicted octanol–water partition coefficient (Wildman–Crippen LogP) is 2.86. The third kappa shape index (κ3) is 7.94. The molecule has 1 saturated heterocycles. The maximum atomic E-state index is 12.1. The number of alkyl carbamates (subject to hydrolysis) is 1. The molecule has 0 aliphatic carbocycles. The Morgan fingerprint density at radius 3 is 2.71 bits per heavy atom. The van der Waals surface area contributed by atoms with Crippen molar-refractivity contribution < 1.29 is 14.3 Å². The van der Waals surface area contributed by atoms with Crippen LogP contribution in [0.15, 0.2) is 29.3 Å². The first-order valence-corrected chi connectivity index (χ1v) is 11.0. The number of carbonyl (C=O) groups is 1. The number of methoxy groups -OCH3 is 1. The third-order valence-electron chi connectivity index (χ3n) is 5.06. The standard InChI is InChI=1S/C23H39N5O3/c1-8-24-21(28-13-12-18(16-28)26-22(29)31-23(2,3)4)25-15-20(27(5)6)17-10-9-11-19(14-17)30-7/h9-11,14,18,20H,8,12-13,15-16H2,1-7H3,(H,24,25)(H,26,29). The molecule has 8 heteroatoms. The molecule has 2 unspecified atom stereocenters. The number of nitrogens with zero attached hydrogens (tertiary/aromatic N) is 3. The maximum Gasteiger partial charge on any atom is 0.407 e. The lowest BCUT2D eigenvalue weighted by molar-refractivity contribution is 0.0507. The van der Waals surface area contributed by atoms with Crippen LogP contribution in [0.1, 0.15) is 45.7 Å². The second kappa shape index (κ2) is 11.2. The third-order valence-corrected chi connectivity index (χ3v) is 5.06. The van der Waals surface area contributed by atoms with Crippen molar-refractivity contribution in [2.75, 3.05) is 47.4 Å². The summed E-state index contributed by atoms with van der Waals surface area (Å²) in [5.74, 6) is 1.71. The van der Waals surface area contributed by atoms with E-state index >= 15 is 0 Å². The second-order valence-electron chi connectivity index (χ2n) is 9.03. The fraction of sp³-hybridized carbons (Fsp3) is 0.652. The van der Waals surface area contributed by atoms with Gasteiger partial charge in [0.05, 0.1) is 25.7 Å². The SMILES string of the molecule is CCNC(=NCC(c1cccc(OC)c1)N(C)C)N1CCC(NC(=O)OC(C)(C)C)C1. The number of ether oxygens (including phenoxy) is 2. The van der Waals surface area contributed by atoms with Crippen LogP contribution in [-0.2, 0) is 4.74 Å². The van der Waals surface area contributed by atoms with Crippen molar-refractivity contribution in [1.82, 2.24) is 20.4 Å². The molecule has 1 amide bonds. The second-order valence-corrected chi connectivity index (χ2v) is 9.03. The van der Waals surface area contributed by atoms with Gasteiger partial charge in [0.1, 0.15) is 11.4 Å². The average Bonchev–Trinajstić information content (AvgIpc) is 3.13. The highest BCUT2D eigenvalue weighted by Crippen LogP contribution is 2.23. The number of amides is 1. The summed E-state index contributed by atoms with van der Waals surface area (Å²) in [6.45, 7) is 10.6. The molecule has 1 fully saturated rings. The van der Waals surface area contributed by atoms with Crippen LogP contribution in [0.5, 0.6) is 5.75 Å². The highest BCUT2D eigenvalue weighted by atomic mass is 16.6. The number of nitrogens with one attached hydrogen (secondary N) is 2. The van der Waals surface area contributed by atoms with Gasteiger partial charge < -0.3 is 29.9 Å². The van der Waals surface area contributed by atoms with Crippen molar-refractivity contribution in [3.8, 4) is 5.75 Å². The molecule has 2 rings (SSSR count). The normalized spacial score (nSPS) is 18.1. The summed E-state index contributed by atoms with van der Waals surface area (Å²) >= 11 is 0. The summed E-state index contributed by atoms with van der Waals surface area (Å²) in [6, 6.07) is 8.29. The molecule has 2 atom stereocenters. The van der Waals surface area contributed by atoms with E-state index in [9.17, 15) is 4.79 Å². The van der Waals surface area contributed by atoms with Gasteiger partial charge >= 0.3 is 6.09 Å². The minimum absolute atomic E-state index is 0.0433. The topological polar surface area (TPSA) is 78.4 Å². The van der Waals surface area contributed by atoms with Gasteiger partial charge in [-0.15, -0.1) is 0 Å². The minimum Gasteiger partial charge on any atom is -0.497 e. The molecule has 2 N–H and O–H groups in total. The number of hydrogen-bond donors (Lipinski definition) is 2. The molecule has 8 nitrogen and oxygen atoms in total. The molecule has 1 heterocycles. The number of hydrogen-bond acceptors (Lipinski definition) is 5. The van der Waals surface area contributed by atoms with E-state index in [1.165, 1.54) is 0 Å². The van der Waals surface area contributed by atoms with Gasteiger partial charge in [-0.25, -0.2) is 4.79 Å². The largest absolute Gasteiger partial charge is 0.497 e. The Kier molecular flexibility index (Phi) is 8.98. The van der Waals surface area contributed by atoms with E-state index in [-0.39, 0.29) is 18.2 Å². The Bertz CT molecular complexity index is 745. The molecule has 1 aromatic rings. The van der Waals surface area contributed by atoms with Crippen LogP contribution in [0.4, 0.5) is 4.79 Å². The molecular weight excluding hydrogens is 394 g/mol. The highest BCUT2D eigenvalue weighted by Gasteiger charge is 2.28. The van der Waals surface area contributed by atoms with Crippen LogP contribution in [0.2, 0.25) is 0 Å². The molecule has 174 valence electrons. The lowest BCUT2D eigenvalue weighted by Crippen LogP contribution is -2.44. The van der Waals surface area contributed by atoms with Gasteiger partial charge in [-0.2, -0.15) is 0 Å². The zero-order valence-electron chi connectivity index (χ0n) is 20.1. The van der Waals surface area contributed by atoms with Crippen LogP contribution in [0.3, 0.4) is 0 Å². The van der Waals surface area contributed by atoms with E-state index in [0.717, 1.165) is 36.8 Å². The van der Waals surface area contributed by atoms with Crippen molar-refractivity contribution in [3.05, 3.63) is 29.8 Å². The average molecular weight is 434 g/mol. The van der Waals surface area contributed by atoms with E-state index in [4.69, 9.17) is 14.5 Å². The molecular formula is C23H39N5O3. The molecule has 0 radical (unpaired) electrons. The summed E-state index contributed by atoms with van der Waals surface area (Å²) in [7, 11) is 5.80. The predicted molar refractivity (Wildman–Crippen MR) is 125 cm³/mol. The van der Waals surface area contributed by atoms with Crippen molar-refractivity contribution >= 4 is 12.1 Å². The first-order valence-electron chi connectivity index (χ1n) is 11.0. The zero-order valence-corrected chi connectivity index (χ0v) is 20.1. The summed E-state index contributed by atoms with van der Waals surface area (Å²) in [6.07, 6.45) is 0.489. The molecule has 0 spiro atoms. The number of guanidine groups is 1. The molecule has 0 bridgehead atoms. The Morgan fingerprint density at radius 1 is 1.35 bits per heavy atom. The summed E-state index contributed by atoms with van der Waals surface area (Å²) < 4.78 is 10.8. The van der Waals surface area contributed by atoms with E-state index in [1.54, 1.807) is 7.11 Å². The molecule has 1 aromatic carbocycles. The van der Waals surface area contributed by atoms with Gasteiger partial charge in [0, 0.05) is 19.6 Å². The first-order chi connectivity index (χ1) is 14.6. The van der Waals surface area contributed by atoms with Crippen molar-refractivity contribution in [2.45, 2.75) is 51.8 Å². The number of rotatable bonds is 7. The van der Waals surface area contributed by atoms with Gasteiger partial charge in [-0.3, -0.25) is 4.99 Å². The van der Waals surface area contributed by atoms with Gasteiger partial charge in [-0.1, -0.05) is 12.1 Å². The smallest absolute Gasteiger partial charge is 0.407 e. The van der Waals surface area contributed by atoms with Gasteiger partial charge in [0.25, 0.3) is 0 Å². The quantitative estimate of drug-likeness (QED) is 0.509. The Labute approximate surface area is 187 Å². The van der Waals surface area contributed by atoms with Gasteiger partial charge in [-0.05, 0) is 65.9 Å². The Hall–Kier alpha value is -2.48. The van der Waals surface area contributed by atoms with Crippen molar-refractivity contribution in [1.29, 1.82) is 0 Å². The molecule has 0 aromatic heterocycles. The molecule has 1 aliphatic rings. The zero-order chi connectivity index (χ0) is 23.0. The van der Waals surface area contributed by atoms with Crippen molar-refractivity contribution in [3.63, 3.8) is 0 Å². The molecule has 31 heavy (non-hydrogen) atoms. The fourth-order valence-corrected chi connectivity index (χ4v) is 3.56. The van der Waals surface area contributed by atoms with E-state index < -0.39 is 5.60 Å². The number of aliphatic imine (C=N–C) groups is 1. The summed E-state index contributed by atoms with van der Waals surface area (Å²) in [5, 5.41) is 6.37. The van der Waals surface area contributed by atoms with Gasteiger partial charge in [0.2, 0.25) is 0 Å². The monoisotopic (exact) mass is 433 g/mol. The summed E-state index contributed by atoms with van der Waals surface area (Å²) in [4.78, 5) is 21.4. The minimum atomic E-state index is -0.500. The lowest BCUT2D eigenvalue weighted by Gasteiger charge is -2.26.